The summed E-state index contributed by atoms with van der Waals surface area (Å²) in [5, 5.41) is 21.4. The van der Waals surface area contributed by atoms with E-state index in [1.807, 2.05) is 51.1 Å². The van der Waals surface area contributed by atoms with Crippen molar-refractivity contribution in [2.75, 3.05) is 18.4 Å². The van der Waals surface area contributed by atoms with Crippen molar-refractivity contribution >= 4 is 41.3 Å². The Morgan fingerprint density at radius 2 is 1.55 bits per heavy atom. The zero-order valence-corrected chi connectivity index (χ0v) is 31.7. The molecule has 6 amide bonds. The van der Waals surface area contributed by atoms with Crippen LogP contribution in [0.5, 0.6) is 0 Å². The molecule has 53 heavy (non-hydrogen) atoms. The van der Waals surface area contributed by atoms with Crippen LogP contribution in [0.25, 0.3) is 0 Å². The Kier molecular flexibility index (Phi) is 15.4. The number of primary amides is 1. The number of aliphatic hydroxyl groups excluding tert-OH is 1. The van der Waals surface area contributed by atoms with Crippen LogP contribution in [0, 0.1) is 16.7 Å². The maximum absolute atomic E-state index is 13.8. The molecule has 1 fully saturated rings. The lowest BCUT2D eigenvalue weighted by Crippen LogP contribution is -2.53. The monoisotopic (exact) mass is 736 g/mol. The number of aliphatic hydroxyl groups is 1. The average molecular weight is 737 g/mol. The summed E-state index contributed by atoms with van der Waals surface area (Å²) in [5.41, 5.74) is 6.20. The lowest BCUT2D eigenvalue weighted by molar-refractivity contribution is -0.154. The summed E-state index contributed by atoms with van der Waals surface area (Å²) < 4.78 is 5.36. The molecular weight excluding hydrogens is 680 g/mol. The first-order valence-corrected chi connectivity index (χ1v) is 18.1. The fraction of sp³-hybridized carbons (Fsp3) is 0.538. The Morgan fingerprint density at radius 1 is 0.887 bits per heavy atom. The Labute approximate surface area is 312 Å². The number of hydrogen-bond donors (Lipinski definition) is 6. The first kappa shape index (κ1) is 42.4. The lowest BCUT2D eigenvalue weighted by atomic mass is 9.80. The third-order valence-corrected chi connectivity index (χ3v) is 8.98. The Bertz CT molecular complexity index is 1570. The first-order chi connectivity index (χ1) is 24.8. The number of ether oxygens (including phenoxy) is 1. The van der Waals surface area contributed by atoms with E-state index in [9.17, 15) is 33.9 Å². The molecular formula is C39H56N6O8. The summed E-state index contributed by atoms with van der Waals surface area (Å²) in [6, 6.07) is 13.1. The molecule has 0 bridgehead atoms. The number of nitrogens with zero attached hydrogens (tertiary/aromatic N) is 1. The van der Waals surface area contributed by atoms with E-state index in [4.69, 9.17) is 10.5 Å². The number of esters is 1. The highest BCUT2D eigenvalue weighted by atomic mass is 16.5. The minimum Gasteiger partial charge on any atom is -0.460 e. The van der Waals surface area contributed by atoms with Crippen LogP contribution in [-0.4, -0.2) is 77.0 Å². The van der Waals surface area contributed by atoms with Crippen molar-refractivity contribution in [1.82, 2.24) is 20.9 Å². The molecule has 2 aromatic carbocycles. The van der Waals surface area contributed by atoms with Crippen LogP contribution >= 0.6 is 0 Å². The van der Waals surface area contributed by atoms with E-state index in [1.54, 1.807) is 45.0 Å². The number of rotatable bonds is 17. The minimum absolute atomic E-state index is 0.00333. The number of benzene rings is 2. The first-order valence-electron chi connectivity index (χ1n) is 18.1. The summed E-state index contributed by atoms with van der Waals surface area (Å²) in [5.74, 6) is -2.31. The van der Waals surface area contributed by atoms with Gasteiger partial charge >= 0.3 is 12.0 Å². The molecule has 1 heterocycles. The molecule has 0 aliphatic carbocycles. The van der Waals surface area contributed by atoms with Gasteiger partial charge in [0.1, 0.15) is 24.9 Å². The van der Waals surface area contributed by atoms with Gasteiger partial charge in [0.05, 0.1) is 5.41 Å². The van der Waals surface area contributed by atoms with E-state index in [2.05, 4.69) is 21.3 Å². The topological polar surface area (TPSA) is 209 Å². The van der Waals surface area contributed by atoms with Gasteiger partial charge in [0.25, 0.3) is 0 Å². The summed E-state index contributed by atoms with van der Waals surface area (Å²) in [6.07, 6.45) is 0.307. The van der Waals surface area contributed by atoms with Crippen molar-refractivity contribution in [3.05, 3.63) is 65.7 Å². The Morgan fingerprint density at radius 3 is 2.13 bits per heavy atom. The highest BCUT2D eigenvalue weighted by molar-refractivity contribution is 5.98. The fourth-order valence-corrected chi connectivity index (χ4v) is 5.84. The van der Waals surface area contributed by atoms with Gasteiger partial charge in [-0.1, -0.05) is 63.2 Å². The quantitative estimate of drug-likeness (QED) is 0.105. The number of nitrogens with one attached hydrogen (secondary N) is 4. The summed E-state index contributed by atoms with van der Waals surface area (Å²) in [4.78, 5) is 78.2. The summed E-state index contributed by atoms with van der Waals surface area (Å²) in [6.45, 7) is 11.6. The second-order valence-corrected chi connectivity index (χ2v) is 15.6. The highest BCUT2D eigenvalue weighted by Crippen LogP contribution is 2.37. The van der Waals surface area contributed by atoms with Gasteiger partial charge in [0.2, 0.25) is 23.6 Å². The van der Waals surface area contributed by atoms with Crippen LogP contribution in [0.15, 0.2) is 54.6 Å². The van der Waals surface area contributed by atoms with Crippen LogP contribution < -0.4 is 27.0 Å². The molecule has 7 N–H and O–H groups in total. The maximum atomic E-state index is 13.8. The second kappa shape index (κ2) is 19.2. The number of amides is 6. The van der Waals surface area contributed by atoms with E-state index in [0.29, 0.717) is 18.5 Å². The van der Waals surface area contributed by atoms with Crippen LogP contribution in [0.1, 0.15) is 84.8 Å². The Hall–Kier alpha value is -4.98. The van der Waals surface area contributed by atoms with Crippen molar-refractivity contribution < 1.29 is 38.6 Å². The molecule has 0 saturated carbocycles. The number of carbonyl (C=O) groups is 6. The lowest BCUT2D eigenvalue weighted by Gasteiger charge is -2.26. The number of anilines is 1. The van der Waals surface area contributed by atoms with Crippen LogP contribution in [-0.2, 0) is 41.7 Å². The van der Waals surface area contributed by atoms with Gasteiger partial charge in [-0.2, -0.15) is 0 Å². The molecule has 290 valence electrons. The van der Waals surface area contributed by atoms with E-state index >= 15 is 0 Å². The predicted octanol–water partition coefficient (Wildman–Crippen LogP) is 3.37. The molecule has 0 radical (unpaired) electrons. The van der Waals surface area contributed by atoms with Crippen LogP contribution in [0.4, 0.5) is 10.5 Å². The normalized spacial score (nSPS) is 17.0. The van der Waals surface area contributed by atoms with Gasteiger partial charge in [-0.3, -0.25) is 24.0 Å². The van der Waals surface area contributed by atoms with Gasteiger partial charge < -0.3 is 41.7 Å². The van der Waals surface area contributed by atoms with Crippen molar-refractivity contribution in [1.29, 1.82) is 0 Å². The molecule has 14 heteroatoms. The van der Waals surface area contributed by atoms with Crippen molar-refractivity contribution in [2.45, 2.75) is 105 Å². The third-order valence-electron chi connectivity index (χ3n) is 8.98. The molecule has 0 aromatic heterocycles. The highest BCUT2D eigenvalue weighted by Gasteiger charge is 2.44. The number of carbonyl (C=O) groups excluding carboxylic acids is 6. The van der Waals surface area contributed by atoms with Gasteiger partial charge in [-0.15, -0.1) is 0 Å². The van der Waals surface area contributed by atoms with E-state index < -0.39 is 47.5 Å². The van der Waals surface area contributed by atoms with Gasteiger partial charge in [0.15, 0.2) is 0 Å². The fourth-order valence-electron chi connectivity index (χ4n) is 5.84. The molecule has 1 aliphatic rings. The standard InChI is InChI=1S/C39H56N6O8/c1-38(2,3)28-23-32(47)45(35(28)50)21-11-15-31(46)43-30(22-25-12-8-7-9-13-25)34(49)44-29(14-10-20-41-37(40)52)33(48)42-27-18-16-26(17-19-27)24-53-36(51)39(4,5)6/h7-9,12-13,16-19,28-30,32,47H,10-11,14-15,20-24H2,1-6H3,(H,42,48)(H,43,46)(H,44,49)(H3,40,41,52)/t28?,29-,30+,32?/m0/s1. The van der Waals surface area contributed by atoms with Crippen LogP contribution in [0.3, 0.4) is 0 Å². The predicted molar refractivity (Wildman–Crippen MR) is 200 cm³/mol. The largest absolute Gasteiger partial charge is 0.460 e. The number of urea groups is 1. The number of hydrogen-bond acceptors (Lipinski definition) is 8. The SMILES string of the molecule is CC(C)(C)C(=O)OCc1ccc(NC(=O)[C@H](CCCNC(N)=O)NC(=O)[C@@H](Cc2ccccc2)NC(=O)CCCN2C(=O)C(C(C)(C)C)CC2O)cc1. The summed E-state index contributed by atoms with van der Waals surface area (Å²) in [7, 11) is 0. The van der Waals surface area contributed by atoms with E-state index in [1.165, 1.54) is 4.90 Å². The van der Waals surface area contributed by atoms with Crippen molar-refractivity contribution in [3.63, 3.8) is 0 Å². The Balaban J connectivity index is 1.68. The molecule has 2 unspecified atom stereocenters. The summed E-state index contributed by atoms with van der Waals surface area (Å²) >= 11 is 0. The zero-order valence-electron chi connectivity index (χ0n) is 31.7. The molecule has 0 spiro atoms. The minimum atomic E-state index is -1.04. The average Bonchev–Trinajstić information content (AvgIpc) is 3.38. The smallest absolute Gasteiger partial charge is 0.312 e. The zero-order chi connectivity index (χ0) is 39.3. The third kappa shape index (κ3) is 13.8. The number of likely N-dealkylation sites (tertiary alicyclic amines) is 1. The van der Waals surface area contributed by atoms with Gasteiger partial charge in [0, 0.05) is 44.0 Å². The van der Waals surface area contributed by atoms with Crippen molar-refractivity contribution in [2.24, 2.45) is 22.5 Å². The van der Waals surface area contributed by atoms with E-state index in [0.717, 1.165) is 11.1 Å². The molecule has 1 saturated heterocycles. The van der Waals surface area contributed by atoms with Gasteiger partial charge in [-0.25, -0.2) is 4.79 Å². The molecule has 1 aliphatic heterocycles. The van der Waals surface area contributed by atoms with Crippen molar-refractivity contribution in [3.8, 4) is 0 Å². The molecule has 14 nitrogen and oxygen atoms in total. The van der Waals surface area contributed by atoms with Gasteiger partial charge in [-0.05, 0) is 68.7 Å². The van der Waals surface area contributed by atoms with E-state index in [-0.39, 0.29) is 68.6 Å². The molecule has 2 aromatic rings. The second-order valence-electron chi connectivity index (χ2n) is 15.6. The van der Waals surface area contributed by atoms with Crippen LogP contribution in [0.2, 0.25) is 0 Å². The molecule has 3 rings (SSSR count). The molecule has 4 atom stereocenters. The maximum Gasteiger partial charge on any atom is 0.312 e. The number of nitrogens with two attached hydrogens (primary N) is 1.